The third-order valence-electron chi connectivity index (χ3n) is 3.70. The average Bonchev–Trinajstić information content (AvgIpc) is 2.66. The highest BCUT2D eigenvalue weighted by Gasteiger charge is 2.14. The number of rotatable bonds is 5. The molecule has 7 heteroatoms. The molecule has 26 heavy (non-hydrogen) atoms. The molecule has 7 nitrogen and oxygen atoms in total. The van der Waals surface area contributed by atoms with Crippen LogP contribution in [0.4, 0.5) is 11.5 Å². The highest BCUT2D eigenvalue weighted by atomic mass is 16.2. The molecule has 1 aromatic carbocycles. The van der Waals surface area contributed by atoms with Gasteiger partial charge in [0.1, 0.15) is 5.82 Å². The van der Waals surface area contributed by atoms with Gasteiger partial charge < -0.3 is 16.0 Å². The van der Waals surface area contributed by atoms with E-state index in [4.69, 9.17) is 0 Å². The second kappa shape index (κ2) is 8.06. The Morgan fingerprint density at radius 3 is 2.65 bits per heavy atom. The number of aromatic nitrogens is 2. The maximum Gasteiger partial charge on any atom is 0.313 e. The summed E-state index contributed by atoms with van der Waals surface area (Å²) in [5, 5.41) is 9.14. The number of anilines is 2. The third kappa shape index (κ3) is 4.32. The maximum atomic E-state index is 12.1. The van der Waals surface area contributed by atoms with Gasteiger partial charge in [-0.15, -0.1) is 0 Å². The van der Waals surface area contributed by atoms with Gasteiger partial charge in [0.05, 0.1) is 11.2 Å². The Bertz CT molecular complexity index is 928. The number of nitrogens with one attached hydrogen (secondary N) is 3. The fourth-order valence-electron chi connectivity index (χ4n) is 2.44. The smallest absolute Gasteiger partial charge is 0.313 e. The fourth-order valence-corrected chi connectivity index (χ4v) is 2.44. The number of carbonyl (C=O) groups excluding carboxylic acids is 2. The van der Waals surface area contributed by atoms with Crippen LogP contribution in [-0.4, -0.2) is 34.9 Å². The molecule has 3 rings (SSSR count). The van der Waals surface area contributed by atoms with Crippen LogP contribution in [0.1, 0.15) is 5.69 Å². The van der Waals surface area contributed by atoms with Gasteiger partial charge in [-0.3, -0.25) is 14.6 Å². The van der Waals surface area contributed by atoms with Gasteiger partial charge in [-0.05, 0) is 31.2 Å². The van der Waals surface area contributed by atoms with E-state index in [0.29, 0.717) is 30.1 Å². The molecular formula is C19H19N5O2. The van der Waals surface area contributed by atoms with Crippen LogP contribution in [0.25, 0.3) is 10.9 Å². The summed E-state index contributed by atoms with van der Waals surface area (Å²) in [7, 11) is 0. The van der Waals surface area contributed by atoms with Crippen molar-refractivity contribution in [2.45, 2.75) is 6.92 Å². The maximum absolute atomic E-state index is 12.1. The zero-order valence-electron chi connectivity index (χ0n) is 14.3. The van der Waals surface area contributed by atoms with Crippen LogP contribution in [-0.2, 0) is 9.59 Å². The number of aryl methyl sites for hydroxylation is 1. The minimum absolute atomic E-state index is 0.301. The van der Waals surface area contributed by atoms with Gasteiger partial charge in [0.2, 0.25) is 0 Å². The number of benzene rings is 1. The second-order valence-electron chi connectivity index (χ2n) is 5.68. The predicted molar refractivity (Wildman–Crippen MR) is 101 cm³/mol. The molecule has 0 unspecified atom stereocenters. The van der Waals surface area contributed by atoms with E-state index in [2.05, 4.69) is 25.9 Å². The van der Waals surface area contributed by atoms with E-state index in [1.54, 1.807) is 12.3 Å². The highest BCUT2D eigenvalue weighted by molar-refractivity contribution is 6.40. The predicted octanol–water partition coefficient (Wildman–Crippen LogP) is 2.11. The van der Waals surface area contributed by atoms with E-state index in [9.17, 15) is 9.59 Å². The fraction of sp³-hybridized carbons (Fsp3) is 0.158. The first-order valence-electron chi connectivity index (χ1n) is 8.24. The largest absolute Gasteiger partial charge is 0.368 e. The number of para-hydroxylation sites is 1. The molecule has 0 saturated heterocycles. The summed E-state index contributed by atoms with van der Waals surface area (Å²) in [5.41, 5.74) is 2.01. The Hall–Kier alpha value is -3.48. The van der Waals surface area contributed by atoms with E-state index < -0.39 is 11.8 Å². The SMILES string of the molecule is Cc1ccc2cccc(NC(=O)C(=O)NCCNc3ccccn3)c2n1. The van der Waals surface area contributed by atoms with Gasteiger partial charge in [0.25, 0.3) is 0 Å². The van der Waals surface area contributed by atoms with Gasteiger partial charge in [-0.1, -0.05) is 24.3 Å². The molecule has 2 heterocycles. The highest BCUT2D eigenvalue weighted by Crippen LogP contribution is 2.21. The number of carbonyl (C=O) groups is 2. The number of hydrogen-bond donors (Lipinski definition) is 3. The van der Waals surface area contributed by atoms with Crippen LogP contribution in [0.2, 0.25) is 0 Å². The summed E-state index contributed by atoms with van der Waals surface area (Å²) in [6.45, 7) is 2.64. The summed E-state index contributed by atoms with van der Waals surface area (Å²) >= 11 is 0. The number of pyridine rings is 2. The van der Waals surface area contributed by atoms with Crippen LogP contribution < -0.4 is 16.0 Å². The molecule has 2 aromatic heterocycles. The Morgan fingerprint density at radius 1 is 0.962 bits per heavy atom. The van der Waals surface area contributed by atoms with Crippen LogP contribution >= 0.6 is 0 Å². The quantitative estimate of drug-likeness (QED) is 0.484. The number of amides is 2. The summed E-state index contributed by atoms with van der Waals surface area (Å²) in [6, 6.07) is 14.8. The first-order chi connectivity index (χ1) is 12.6. The Morgan fingerprint density at radius 2 is 1.85 bits per heavy atom. The van der Waals surface area contributed by atoms with Crippen LogP contribution in [0, 0.1) is 6.92 Å². The number of hydrogen-bond acceptors (Lipinski definition) is 5. The summed E-state index contributed by atoms with van der Waals surface area (Å²) in [4.78, 5) is 32.6. The van der Waals surface area contributed by atoms with E-state index in [0.717, 1.165) is 11.1 Å². The summed E-state index contributed by atoms with van der Waals surface area (Å²) < 4.78 is 0. The zero-order valence-corrected chi connectivity index (χ0v) is 14.3. The van der Waals surface area contributed by atoms with Crippen molar-refractivity contribution in [3.63, 3.8) is 0 Å². The average molecular weight is 349 g/mol. The van der Waals surface area contributed by atoms with Crippen molar-refractivity contribution in [2.75, 3.05) is 23.7 Å². The lowest BCUT2D eigenvalue weighted by Crippen LogP contribution is -2.37. The minimum Gasteiger partial charge on any atom is -0.368 e. The van der Waals surface area contributed by atoms with E-state index in [1.165, 1.54) is 0 Å². The summed E-state index contributed by atoms with van der Waals surface area (Å²) in [5.74, 6) is -0.709. The Labute approximate surface area is 150 Å². The topological polar surface area (TPSA) is 96.0 Å². The van der Waals surface area contributed by atoms with Crippen molar-refractivity contribution in [3.8, 4) is 0 Å². The van der Waals surface area contributed by atoms with Gasteiger partial charge in [0.15, 0.2) is 0 Å². The summed E-state index contributed by atoms with van der Waals surface area (Å²) in [6.07, 6.45) is 1.67. The van der Waals surface area contributed by atoms with Gasteiger partial charge >= 0.3 is 11.8 Å². The van der Waals surface area contributed by atoms with Crippen molar-refractivity contribution in [2.24, 2.45) is 0 Å². The molecule has 0 radical (unpaired) electrons. The van der Waals surface area contributed by atoms with Gasteiger partial charge in [-0.25, -0.2) is 4.98 Å². The molecule has 0 aliphatic rings. The Balaban J connectivity index is 1.54. The van der Waals surface area contributed by atoms with Crippen LogP contribution in [0.5, 0.6) is 0 Å². The molecule has 0 atom stereocenters. The van der Waals surface area contributed by atoms with Crippen molar-refractivity contribution < 1.29 is 9.59 Å². The standard InChI is InChI=1S/C19H19N5O2/c1-13-8-9-14-5-4-6-15(17(14)23-13)24-19(26)18(25)22-12-11-21-16-7-2-3-10-20-16/h2-10H,11-12H2,1H3,(H,20,21)(H,22,25)(H,24,26). The third-order valence-corrected chi connectivity index (χ3v) is 3.70. The lowest BCUT2D eigenvalue weighted by Gasteiger charge is -2.09. The van der Waals surface area contributed by atoms with Crippen molar-refractivity contribution in [1.82, 2.24) is 15.3 Å². The molecular weight excluding hydrogens is 330 g/mol. The lowest BCUT2D eigenvalue weighted by atomic mass is 10.1. The van der Waals surface area contributed by atoms with Crippen LogP contribution in [0.3, 0.4) is 0 Å². The van der Waals surface area contributed by atoms with Gasteiger partial charge in [0, 0.05) is 30.4 Å². The molecule has 0 spiro atoms. The first-order valence-corrected chi connectivity index (χ1v) is 8.24. The minimum atomic E-state index is -0.723. The van der Waals surface area contributed by atoms with E-state index >= 15 is 0 Å². The molecule has 3 aromatic rings. The van der Waals surface area contributed by atoms with Crippen molar-refractivity contribution in [1.29, 1.82) is 0 Å². The Kier molecular flexibility index (Phi) is 5.38. The van der Waals surface area contributed by atoms with Crippen LogP contribution in [0.15, 0.2) is 54.7 Å². The first kappa shape index (κ1) is 17.3. The molecule has 0 bridgehead atoms. The molecule has 0 aliphatic carbocycles. The lowest BCUT2D eigenvalue weighted by molar-refractivity contribution is -0.136. The molecule has 0 fully saturated rings. The molecule has 2 amide bonds. The van der Waals surface area contributed by atoms with Crippen molar-refractivity contribution >= 4 is 34.2 Å². The number of nitrogens with zero attached hydrogens (tertiary/aromatic N) is 2. The van der Waals surface area contributed by atoms with Gasteiger partial charge in [-0.2, -0.15) is 0 Å². The zero-order chi connectivity index (χ0) is 18.4. The molecule has 0 aliphatic heterocycles. The normalized spacial score (nSPS) is 10.3. The molecule has 132 valence electrons. The second-order valence-corrected chi connectivity index (χ2v) is 5.68. The van der Waals surface area contributed by atoms with Crippen molar-refractivity contribution in [3.05, 3.63) is 60.4 Å². The molecule has 3 N–H and O–H groups in total. The number of fused-ring (bicyclic) bond motifs is 1. The van der Waals surface area contributed by atoms with E-state index in [-0.39, 0.29) is 0 Å². The monoisotopic (exact) mass is 349 g/mol. The molecule has 0 saturated carbocycles. The van der Waals surface area contributed by atoms with E-state index in [1.807, 2.05) is 49.4 Å².